The standard InChI is InChI=1S/C29H28N4O4/c1-4-14-37-22-11-5-10-21(15-22)25-23(27(35)29(36)33(25)17-20-9-6-12-30-16-20)26(34)24-19(3)32-13-7-8-18(2)28(32)31-24/h5-13,15-16,25,34H,4,14,17H2,1-3H3. The molecule has 1 atom stereocenters. The molecule has 188 valence electrons. The molecular formula is C29H28N4O4. The number of imidazole rings is 1. The van der Waals surface area contributed by atoms with Crippen LogP contribution >= 0.6 is 0 Å². The lowest BCUT2D eigenvalue weighted by molar-refractivity contribution is -0.140. The van der Waals surface area contributed by atoms with Gasteiger partial charge in [-0.15, -0.1) is 0 Å². The van der Waals surface area contributed by atoms with Crippen molar-refractivity contribution >= 4 is 23.1 Å². The molecule has 1 saturated heterocycles. The number of ether oxygens (including phenoxy) is 1. The van der Waals surface area contributed by atoms with Gasteiger partial charge in [0.1, 0.15) is 17.1 Å². The Morgan fingerprint density at radius 2 is 1.95 bits per heavy atom. The first kappa shape index (κ1) is 24.2. The largest absolute Gasteiger partial charge is 0.505 e. The average molecular weight is 497 g/mol. The number of amides is 1. The van der Waals surface area contributed by atoms with Crippen LogP contribution in [0.2, 0.25) is 0 Å². The van der Waals surface area contributed by atoms with Crippen molar-refractivity contribution in [1.29, 1.82) is 0 Å². The third kappa shape index (κ3) is 4.35. The van der Waals surface area contributed by atoms with Crippen LogP contribution in [0.4, 0.5) is 0 Å². The number of carbonyl (C=O) groups excluding carboxylic acids is 2. The van der Waals surface area contributed by atoms with Gasteiger partial charge in [-0.3, -0.25) is 14.6 Å². The first-order valence-corrected chi connectivity index (χ1v) is 12.3. The number of aliphatic hydroxyl groups excluding tert-OH is 1. The molecule has 4 heterocycles. The zero-order chi connectivity index (χ0) is 26.1. The number of aliphatic hydroxyl groups is 1. The molecule has 0 saturated carbocycles. The SMILES string of the molecule is CCCOc1cccc(C2C(=C(O)c3nc4c(C)cccn4c3C)C(=O)C(=O)N2Cc2cccnc2)c1. The van der Waals surface area contributed by atoms with Crippen molar-refractivity contribution in [2.45, 2.75) is 39.8 Å². The van der Waals surface area contributed by atoms with Crippen LogP contribution in [0.1, 0.15) is 47.5 Å². The first-order valence-electron chi connectivity index (χ1n) is 12.3. The molecule has 1 aromatic carbocycles. The summed E-state index contributed by atoms with van der Waals surface area (Å²) in [7, 11) is 0. The highest BCUT2D eigenvalue weighted by atomic mass is 16.5. The molecule has 37 heavy (non-hydrogen) atoms. The summed E-state index contributed by atoms with van der Waals surface area (Å²) in [4.78, 5) is 37.1. The molecule has 1 fully saturated rings. The normalized spacial score (nSPS) is 17.1. The Morgan fingerprint density at radius 1 is 1.11 bits per heavy atom. The second kappa shape index (κ2) is 9.89. The average Bonchev–Trinajstić information content (AvgIpc) is 3.38. The number of hydrogen-bond donors (Lipinski definition) is 1. The highest BCUT2D eigenvalue weighted by molar-refractivity contribution is 6.46. The minimum absolute atomic E-state index is 0.00527. The molecule has 0 spiro atoms. The van der Waals surface area contributed by atoms with Crippen LogP contribution in [-0.2, 0) is 16.1 Å². The monoisotopic (exact) mass is 496 g/mol. The van der Waals surface area contributed by atoms with E-state index in [9.17, 15) is 14.7 Å². The number of aromatic nitrogens is 3. The zero-order valence-electron chi connectivity index (χ0n) is 21.0. The van der Waals surface area contributed by atoms with Gasteiger partial charge in [-0.1, -0.05) is 31.2 Å². The number of hydrogen-bond acceptors (Lipinski definition) is 6. The number of carbonyl (C=O) groups is 2. The second-order valence-corrected chi connectivity index (χ2v) is 9.14. The summed E-state index contributed by atoms with van der Waals surface area (Å²) >= 11 is 0. The van der Waals surface area contributed by atoms with Gasteiger partial charge >= 0.3 is 0 Å². The van der Waals surface area contributed by atoms with E-state index in [0.29, 0.717) is 29.3 Å². The zero-order valence-corrected chi connectivity index (χ0v) is 21.0. The Balaban J connectivity index is 1.69. The van der Waals surface area contributed by atoms with Gasteiger partial charge in [0, 0.05) is 25.1 Å². The van der Waals surface area contributed by atoms with Crippen molar-refractivity contribution in [3.63, 3.8) is 0 Å². The van der Waals surface area contributed by atoms with E-state index in [1.54, 1.807) is 18.5 Å². The number of pyridine rings is 2. The van der Waals surface area contributed by atoms with Crippen LogP contribution < -0.4 is 4.74 Å². The van der Waals surface area contributed by atoms with E-state index in [4.69, 9.17) is 4.74 Å². The molecular weight excluding hydrogens is 468 g/mol. The van der Waals surface area contributed by atoms with E-state index < -0.39 is 17.7 Å². The van der Waals surface area contributed by atoms with Crippen molar-refractivity contribution in [3.8, 4) is 5.75 Å². The summed E-state index contributed by atoms with van der Waals surface area (Å²) in [5.41, 5.74) is 4.00. The Hall–Kier alpha value is -4.46. The maximum Gasteiger partial charge on any atom is 0.295 e. The Labute approximate surface area is 214 Å². The summed E-state index contributed by atoms with van der Waals surface area (Å²) in [6.45, 7) is 6.47. The molecule has 3 aromatic heterocycles. The Morgan fingerprint density at radius 3 is 2.68 bits per heavy atom. The smallest absolute Gasteiger partial charge is 0.295 e. The van der Waals surface area contributed by atoms with E-state index in [0.717, 1.165) is 17.5 Å². The number of benzene rings is 1. The third-order valence-electron chi connectivity index (χ3n) is 6.57. The van der Waals surface area contributed by atoms with Gasteiger partial charge in [-0.25, -0.2) is 4.98 Å². The summed E-state index contributed by atoms with van der Waals surface area (Å²) in [5.74, 6) is -1.10. The van der Waals surface area contributed by atoms with Crippen molar-refractivity contribution in [1.82, 2.24) is 19.3 Å². The van der Waals surface area contributed by atoms with Gasteiger partial charge in [-0.2, -0.15) is 0 Å². The van der Waals surface area contributed by atoms with Crippen LogP contribution in [0.3, 0.4) is 0 Å². The maximum atomic E-state index is 13.5. The number of Topliss-reactive ketones (excluding diaryl/α,β-unsaturated/α-hetero) is 1. The first-order chi connectivity index (χ1) is 17.9. The number of ketones is 1. The van der Waals surface area contributed by atoms with Gasteiger partial charge < -0.3 is 19.1 Å². The number of fused-ring (bicyclic) bond motifs is 1. The topological polar surface area (TPSA) is 97.0 Å². The molecule has 4 aromatic rings. The van der Waals surface area contributed by atoms with E-state index in [-0.39, 0.29) is 23.6 Å². The van der Waals surface area contributed by atoms with Gasteiger partial charge in [0.2, 0.25) is 0 Å². The van der Waals surface area contributed by atoms with Crippen LogP contribution in [0, 0.1) is 13.8 Å². The predicted octanol–water partition coefficient (Wildman–Crippen LogP) is 4.76. The number of aryl methyl sites for hydroxylation is 2. The van der Waals surface area contributed by atoms with Crippen LogP contribution in [-0.4, -0.2) is 42.7 Å². The lowest BCUT2D eigenvalue weighted by atomic mass is 9.96. The predicted molar refractivity (Wildman–Crippen MR) is 139 cm³/mol. The van der Waals surface area contributed by atoms with Gasteiger partial charge in [0.15, 0.2) is 5.76 Å². The van der Waals surface area contributed by atoms with E-state index in [1.165, 1.54) is 4.90 Å². The summed E-state index contributed by atoms with van der Waals surface area (Å²) in [6.07, 6.45) is 6.01. The maximum absolute atomic E-state index is 13.5. The summed E-state index contributed by atoms with van der Waals surface area (Å²) in [5, 5.41) is 11.6. The number of nitrogens with zero attached hydrogens (tertiary/aromatic N) is 4. The molecule has 8 nitrogen and oxygen atoms in total. The fourth-order valence-corrected chi connectivity index (χ4v) is 4.75. The van der Waals surface area contributed by atoms with Crippen molar-refractivity contribution in [2.24, 2.45) is 0 Å². The quantitative estimate of drug-likeness (QED) is 0.225. The Bertz CT molecular complexity index is 1520. The minimum Gasteiger partial charge on any atom is -0.505 e. The second-order valence-electron chi connectivity index (χ2n) is 9.14. The lowest BCUT2D eigenvalue weighted by Crippen LogP contribution is -2.29. The van der Waals surface area contributed by atoms with Crippen LogP contribution in [0.25, 0.3) is 11.4 Å². The molecule has 1 amide bonds. The highest BCUT2D eigenvalue weighted by Gasteiger charge is 2.46. The summed E-state index contributed by atoms with van der Waals surface area (Å²) in [6, 6.07) is 13.9. The van der Waals surface area contributed by atoms with E-state index in [2.05, 4.69) is 9.97 Å². The number of rotatable bonds is 7. The van der Waals surface area contributed by atoms with Crippen molar-refractivity contribution in [3.05, 3.63) is 101 Å². The van der Waals surface area contributed by atoms with E-state index in [1.807, 2.05) is 73.8 Å². The van der Waals surface area contributed by atoms with Crippen molar-refractivity contribution < 1.29 is 19.4 Å². The molecule has 0 radical (unpaired) electrons. The fourth-order valence-electron chi connectivity index (χ4n) is 4.75. The molecule has 0 aliphatic carbocycles. The van der Waals surface area contributed by atoms with Gasteiger partial charge in [-0.05, 0) is 61.2 Å². The molecule has 0 bridgehead atoms. The molecule has 5 rings (SSSR count). The number of likely N-dealkylation sites (tertiary alicyclic amines) is 1. The third-order valence-corrected chi connectivity index (χ3v) is 6.57. The van der Waals surface area contributed by atoms with Gasteiger partial charge in [0.05, 0.1) is 23.9 Å². The molecule has 1 N–H and O–H groups in total. The van der Waals surface area contributed by atoms with Crippen LogP contribution in [0.15, 0.2) is 72.7 Å². The lowest BCUT2D eigenvalue weighted by Gasteiger charge is -2.25. The molecule has 1 unspecified atom stereocenters. The Kier molecular flexibility index (Phi) is 6.48. The fraction of sp³-hybridized carbons (Fsp3) is 0.241. The highest BCUT2D eigenvalue weighted by Crippen LogP contribution is 2.41. The van der Waals surface area contributed by atoms with E-state index >= 15 is 0 Å². The van der Waals surface area contributed by atoms with Crippen molar-refractivity contribution in [2.75, 3.05) is 6.61 Å². The summed E-state index contributed by atoms with van der Waals surface area (Å²) < 4.78 is 7.69. The minimum atomic E-state index is -0.823. The molecule has 8 heteroatoms. The molecule has 1 aliphatic heterocycles. The van der Waals surface area contributed by atoms with Crippen LogP contribution in [0.5, 0.6) is 5.75 Å². The van der Waals surface area contributed by atoms with Gasteiger partial charge in [0.25, 0.3) is 11.7 Å². The molecule has 1 aliphatic rings.